The van der Waals surface area contributed by atoms with Crippen LogP contribution in [0.5, 0.6) is 0 Å². The molecule has 0 saturated carbocycles. The average Bonchev–Trinajstić information content (AvgIpc) is 1.65. The molecule has 0 fully saturated rings. The minimum atomic E-state index is 0.0503. The molecule has 0 unspecified atom stereocenters. The lowest BCUT2D eigenvalue weighted by atomic mass is 9.86. The zero-order valence-electron chi connectivity index (χ0n) is 7.07. The maximum atomic E-state index is 5.97. The van der Waals surface area contributed by atoms with Crippen LogP contribution in [0.25, 0.3) is 0 Å². The largest absolute Gasteiger partial charge is 0.325 e. The third-order valence-electron chi connectivity index (χ3n) is 2.11. The van der Waals surface area contributed by atoms with Crippen LogP contribution in [0, 0.1) is 5.92 Å². The Morgan fingerprint density at radius 2 is 1.89 bits per heavy atom. The van der Waals surface area contributed by atoms with Crippen molar-refractivity contribution in [3.8, 4) is 0 Å². The normalized spacial score (nSPS) is 18.0. The molecular formula is C8H19N. The van der Waals surface area contributed by atoms with Crippen molar-refractivity contribution in [3.05, 3.63) is 0 Å². The van der Waals surface area contributed by atoms with Gasteiger partial charge in [-0.15, -0.1) is 0 Å². The molecule has 0 aliphatic heterocycles. The van der Waals surface area contributed by atoms with Crippen LogP contribution in [-0.2, 0) is 0 Å². The Morgan fingerprint density at radius 3 is 2.00 bits per heavy atom. The van der Waals surface area contributed by atoms with E-state index in [0.29, 0.717) is 5.92 Å². The van der Waals surface area contributed by atoms with Crippen molar-refractivity contribution in [1.29, 1.82) is 0 Å². The molecule has 1 heteroatoms. The van der Waals surface area contributed by atoms with Crippen LogP contribution >= 0.6 is 0 Å². The second-order valence-corrected chi connectivity index (χ2v) is 3.41. The van der Waals surface area contributed by atoms with E-state index in [-0.39, 0.29) is 5.54 Å². The molecule has 1 nitrogen and oxygen atoms in total. The Kier molecular flexibility index (Phi) is 3.20. The van der Waals surface area contributed by atoms with Crippen molar-refractivity contribution in [3.63, 3.8) is 0 Å². The highest BCUT2D eigenvalue weighted by atomic mass is 14.7. The van der Waals surface area contributed by atoms with Gasteiger partial charge in [0.1, 0.15) is 0 Å². The Labute approximate surface area is 58.6 Å². The van der Waals surface area contributed by atoms with Crippen molar-refractivity contribution in [1.82, 2.24) is 0 Å². The molecule has 0 rings (SSSR count). The molecule has 0 heterocycles. The molecule has 0 radical (unpaired) electrons. The minimum absolute atomic E-state index is 0.0503. The highest BCUT2D eigenvalue weighted by molar-refractivity contribution is 4.80. The fourth-order valence-electron chi connectivity index (χ4n) is 0.827. The summed E-state index contributed by atoms with van der Waals surface area (Å²) in [6, 6.07) is 0. The van der Waals surface area contributed by atoms with E-state index in [2.05, 4.69) is 27.7 Å². The Balaban J connectivity index is 3.70. The van der Waals surface area contributed by atoms with Gasteiger partial charge in [0.25, 0.3) is 0 Å². The minimum Gasteiger partial charge on any atom is -0.325 e. The van der Waals surface area contributed by atoms with Crippen LogP contribution < -0.4 is 5.73 Å². The second-order valence-electron chi connectivity index (χ2n) is 3.41. The van der Waals surface area contributed by atoms with Crippen LogP contribution in [0.2, 0.25) is 0 Å². The standard InChI is InChI=1S/C8H19N/c1-5-6-8(4,9)7(2)3/h7H,5-6,9H2,1-4H3/t8-/m0/s1. The van der Waals surface area contributed by atoms with Gasteiger partial charge < -0.3 is 5.73 Å². The van der Waals surface area contributed by atoms with E-state index in [1.807, 2.05) is 0 Å². The summed E-state index contributed by atoms with van der Waals surface area (Å²) in [4.78, 5) is 0. The summed E-state index contributed by atoms with van der Waals surface area (Å²) in [5.41, 5.74) is 6.02. The third kappa shape index (κ3) is 2.85. The van der Waals surface area contributed by atoms with E-state index in [1.54, 1.807) is 0 Å². The molecule has 0 saturated heterocycles. The lowest BCUT2D eigenvalue weighted by molar-refractivity contribution is 0.314. The first-order chi connectivity index (χ1) is 4.00. The molecule has 0 spiro atoms. The smallest absolute Gasteiger partial charge is 0.0148 e. The van der Waals surface area contributed by atoms with Crippen LogP contribution in [0.1, 0.15) is 40.5 Å². The van der Waals surface area contributed by atoms with Crippen molar-refractivity contribution >= 4 is 0 Å². The molecule has 2 N–H and O–H groups in total. The molecule has 9 heavy (non-hydrogen) atoms. The highest BCUT2D eigenvalue weighted by Gasteiger charge is 2.20. The molecule has 0 aromatic rings. The molecule has 0 bridgehead atoms. The van der Waals surface area contributed by atoms with E-state index < -0.39 is 0 Å². The topological polar surface area (TPSA) is 26.0 Å². The van der Waals surface area contributed by atoms with Crippen molar-refractivity contribution in [2.45, 2.75) is 46.1 Å². The van der Waals surface area contributed by atoms with Gasteiger partial charge in [0.2, 0.25) is 0 Å². The van der Waals surface area contributed by atoms with Crippen molar-refractivity contribution in [2.75, 3.05) is 0 Å². The summed E-state index contributed by atoms with van der Waals surface area (Å²) in [5.74, 6) is 0.595. The molecule has 0 aliphatic carbocycles. The summed E-state index contributed by atoms with van der Waals surface area (Å²) < 4.78 is 0. The van der Waals surface area contributed by atoms with Gasteiger partial charge in [0.15, 0.2) is 0 Å². The van der Waals surface area contributed by atoms with E-state index in [4.69, 9.17) is 5.73 Å². The van der Waals surface area contributed by atoms with Gasteiger partial charge in [-0.3, -0.25) is 0 Å². The highest BCUT2D eigenvalue weighted by Crippen LogP contribution is 2.18. The molecule has 56 valence electrons. The predicted octanol–water partition coefficient (Wildman–Crippen LogP) is 2.16. The van der Waals surface area contributed by atoms with E-state index in [1.165, 1.54) is 6.42 Å². The fourth-order valence-corrected chi connectivity index (χ4v) is 0.827. The first-order valence-corrected chi connectivity index (χ1v) is 3.79. The number of rotatable bonds is 3. The Hall–Kier alpha value is -0.0400. The van der Waals surface area contributed by atoms with Gasteiger partial charge in [-0.2, -0.15) is 0 Å². The molecule has 0 aliphatic rings. The SMILES string of the molecule is CCC[C@](C)(N)C(C)C. The summed E-state index contributed by atoms with van der Waals surface area (Å²) in [7, 11) is 0. The first kappa shape index (κ1) is 8.96. The molecular weight excluding hydrogens is 110 g/mol. The lowest BCUT2D eigenvalue weighted by Crippen LogP contribution is -2.41. The average molecular weight is 129 g/mol. The van der Waals surface area contributed by atoms with Crippen LogP contribution in [0.4, 0.5) is 0 Å². The first-order valence-electron chi connectivity index (χ1n) is 3.79. The van der Waals surface area contributed by atoms with Gasteiger partial charge in [-0.05, 0) is 19.3 Å². The van der Waals surface area contributed by atoms with E-state index in [0.717, 1.165) is 6.42 Å². The van der Waals surface area contributed by atoms with E-state index in [9.17, 15) is 0 Å². The van der Waals surface area contributed by atoms with Crippen LogP contribution in [0.3, 0.4) is 0 Å². The molecule has 0 aromatic carbocycles. The quantitative estimate of drug-likeness (QED) is 0.621. The zero-order valence-corrected chi connectivity index (χ0v) is 7.07. The van der Waals surface area contributed by atoms with Crippen molar-refractivity contribution < 1.29 is 0 Å². The maximum Gasteiger partial charge on any atom is 0.0148 e. The summed E-state index contributed by atoms with van der Waals surface area (Å²) in [6.07, 6.45) is 2.32. The predicted molar refractivity (Wildman–Crippen MR) is 42.3 cm³/mol. The summed E-state index contributed by atoms with van der Waals surface area (Å²) in [5, 5.41) is 0. The maximum absolute atomic E-state index is 5.97. The number of hydrogen-bond donors (Lipinski definition) is 1. The number of nitrogens with two attached hydrogens (primary N) is 1. The van der Waals surface area contributed by atoms with Gasteiger partial charge >= 0.3 is 0 Å². The van der Waals surface area contributed by atoms with Gasteiger partial charge in [0.05, 0.1) is 0 Å². The Bertz CT molecular complexity index is 74.6. The molecule has 0 aromatic heterocycles. The fraction of sp³-hybridized carbons (Fsp3) is 1.00. The summed E-state index contributed by atoms with van der Waals surface area (Å²) >= 11 is 0. The van der Waals surface area contributed by atoms with Crippen molar-refractivity contribution in [2.24, 2.45) is 11.7 Å². The van der Waals surface area contributed by atoms with Gasteiger partial charge in [-0.25, -0.2) is 0 Å². The zero-order chi connectivity index (χ0) is 7.49. The lowest BCUT2D eigenvalue weighted by Gasteiger charge is -2.28. The monoisotopic (exact) mass is 129 g/mol. The molecule has 1 atom stereocenters. The molecule has 0 amide bonds. The van der Waals surface area contributed by atoms with Crippen LogP contribution in [-0.4, -0.2) is 5.54 Å². The Morgan fingerprint density at radius 1 is 1.44 bits per heavy atom. The second kappa shape index (κ2) is 3.21. The van der Waals surface area contributed by atoms with Crippen LogP contribution in [0.15, 0.2) is 0 Å². The van der Waals surface area contributed by atoms with Gasteiger partial charge in [-0.1, -0.05) is 27.2 Å². The van der Waals surface area contributed by atoms with Gasteiger partial charge in [0, 0.05) is 5.54 Å². The third-order valence-corrected chi connectivity index (χ3v) is 2.11. The summed E-state index contributed by atoms with van der Waals surface area (Å²) in [6.45, 7) is 8.65. The van der Waals surface area contributed by atoms with E-state index >= 15 is 0 Å². The number of hydrogen-bond acceptors (Lipinski definition) is 1.